The molecule has 134 valence electrons. The predicted molar refractivity (Wildman–Crippen MR) is 82.8 cm³/mol. The van der Waals surface area contributed by atoms with Crippen molar-refractivity contribution in [1.82, 2.24) is 9.80 Å². The highest BCUT2D eigenvalue weighted by molar-refractivity contribution is 5.39. The van der Waals surface area contributed by atoms with E-state index in [1.54, 1.807) is 6.07 Å². The number of aryl methyl sites for hydroxylation is 1. The summed E-state index contributed by atoms with van der Waals surface area (Å²) in [4.78, 5) is 4.61. The molecule has 0 spiro atoms. The van der Waals surface area contributed by atoms with Crippen LogP contribution in [0.1, 0.15) is 30.0 Å². The van der Waals surface area contributed by atoms with Gasteiger partial charge in [-0.3, -0.25) is 4.90 Å². The predicted octanol–water partition coefficient (Wildman–Crippen LogP) is 3.55. The Labute approximate surface area is 139 Å². The Morgan fingerprint density at radius 2 is 1.88 bits per heavy atom. The van der Waals surface area contributed by atoms with Gasteiger partial charge in [-0.2, -0.15) is 17.6 Å². The van der Waals surface area contributed by atoms with Crippen molar-refractivity contribution in [1.29, 1.82) is 0 Å². The van der Waals surface area contributed by atoms with Gasteiger partial charge in [-0.05, 0) is 49.6 Å². The van der Waals surface area contributed by atoms with E-state index in [0.717, 1.165) is 56.6 Å². The second kappa shape index (κ2) is 6.88. The van der Waals surface area contributed by atoms with Gasteiger partial charge in [0.15, 0.2) is 0 Å². The molecule has 1 aliphatic heterocycles. The summed E-state index contributed by atoms with van der Waals surface area (Å²) in [5, 5.41) is 0. The van der Waals surface area contributed by atoms with Gasteiger partial charge in [-0.25, -0.2) is 0 Å². The molecular formula is C17H22F4N2O. The molecule has 1 atom stereocenters. The quantitative estimate of drug-likeness (QED) is 0.776. The van der Waals surface area contributed by atoms with Gasteiger partial charge >= 0.3 is 12.5 Å². The number of rotatable bonds is 4. The first-order chi connectivity index (χ1) is 11.4. The molecule has 1 saturated heterocycles. The van der Waals surface area contributed by atoms with E-state index in [4.69, 9.17) is 0 Å². The zero-order valence-corrected chi connectivity index (χ0v) is 13.7. The molecular weight excluding hydrogens is 324 g/mol. The van der Waals surface area contributed by atoms with Crippen molar-refractivity contribution in [3.63, 3.8) is 0 Å². The fourth-order valence-corrected chi connectivity index (χ4v) is 3.53. The molecule has 3 rings (SSSR count). The van der Waals surface area contributed by atoms with E-state index in [0.29, 0.717) is 0 Å². The SMILES string of the molecule is CN1CCN(C2CCCc3ccc(OC(F)(F)C(F)F)cc32)CC1. The van der Waals surface area contributed by atoms with Crippen molar-refractivity contribution in [2.45, 2.75) is 37.8 Å². The Hall–Kier alpha value is -1.34. The summed E-state index contributed by atoms with van der Waals surface area (Å²) in [5.74, 6) is -0.194. The molecule has 0 bridgehead atoms. The van der Waals surface area contributed by atoms with Gasteiger partial charge in [0.2, 0.25) is 0 Å². The molecule has 0 N–H and O–H groups in total. The lowest BCUT2D eigenvalue weighted by Gasteiger charge is -2.40. The van der Waals surface area contributed by atoms with Crippen molar-refractivity contribution in [2.75, 3.05) is 33.2 Å². The van der Waals surface area contributed by atoms with E-state index in [9.17, 15) is 17.6 Å². The number of piperazine rings is 1. The maximum atomic E-state index is 13.2. The average Bonchev–Trinajstić information content (AvgIpc) is 2.54. The fraction of sp³-hybridized carbons (Fsp3) is 0.647. The third-order valence-corrected chi connectivity index (χ3v) is 4.89. The van der Waals surface area contributed by atoms with Gasteiger partial charge < -0.3 is 9.64 Å². The fourth-order valence-electron chi connectivity index (χ4n) is 3.53. The van der Waals surface area contributed by atoms with Crippen LogP contribution in [-0.4, -0.2) is 55.6 Å². The van der Waals surface area contributed by atoms with E-state index in [-0.39, 0.29) is 11.8 Å². The minimum absolute atomic E-state index is 0.145. The number of benzene rings is 1. The first kappa shape index (κ1) is 17.5. The van der Waals surface area contributed by atoms with Gasteiger partial charge in [0, 0.05) is 32.2 Å². The van der Waals surface area contributed by atoms with Gasteiger partial charge in [0.25, 0.3) is 0 Å². The number of ether oxygens (including phenoxy) is 1. The summed E-state index contributed by atoms with van der Waals surface area (Å²) in [7, 11) is 2.07. The van der Waals surface area contributed by atoms with Crippen LogP contribution in [0, 0.1) is 0 Å². The van der Waals surface area contributed by atoms with Gasteiger partial charge in [-0.1, -0.05) is 6.07 Å². The molecule has 1 heterocycles. The average molecular weight is 346 g/mol. The minimum Gasteiger partial charge on any atom is -0.428 e. The van der Waals surface area contributed by atoms with Crippen molar-refractivity contribution in [3.8, 4) is 5.75 Å². The summed E-state index contributed by atoms with van der Waals surface area (Å²) in [5.41, 5.74) is 2.03. The molecule has 1 fully saturated rings. The highest BCUT2D eigenvalue weighted by Crippen LogP contribution is 2.38. The Morgan fingerprint density at radius 1 is 1.17 bits per heavy atom. The van der Waals surface area contributed by atoms with Crippen LogP contribution in [0.3, 0.4) is 0 Å². The minimum atomic E-state index is -4.47. The molecule has 1 unspecified atom stereocenters. The van der Waals surface area contributed by atoms with E-state index < -0.39 is 12.5 Å². The normalized spacial score (nSPS) is 23.3. The van der Waals surface area contributed by atoms with Crippen LogP contribution >= 0.6 is 0 Å². The molecule has 0 aromatic heterocycles. The lowest BCUT2D eigenvalue weighted by atomic mass is 9.86. The summed E-state index contributed by atoms with van der Waals surface area (Å²) in [6.45, 7) is 3.76. The highest BCUT2D eigenvalue weighted by Gasteiger charge is 2.44. The van der Waals surface area contributed by atoms with E-state index in [1.165, 1.54) is 12.1 Å². The molecule has 0 saturated carbocycles. The first-order valence-corrected chi connectivity index (χ1v) is 8.27. The van der Waals surface area contributed by atoms with E-state index in [1.807, 2.05) is 0 Å². The second-order valence-corrected chi connectivity index (χ2v) is 6.57. The van der Waals surface area contributed by atoms with Crippen LogP contribution in [0.15, 0.2) is 18.2 Å². The van der Waals surface area contributed by atoms with E-state index >= 15 is 0 Å². The molecule has 1 aromatic rings. The van der Waals surface area contributed by atoms with Crippen molar-refractivity contribution in [3.05, 3.63) is 29.3 Å². The van der Waals surface area contributed by atoms with Gasteiger partial charge in [-0.15, -0.1) is 0 Å². The third-order valence-electron chi connectivity index (χ3n) is 4.89. The molecule has 0 radical (unpaired) electrons. The maximum Gasteiger partial charge on any atom is 0.461 e. The Bertz CT molecular complexity index is 574. The number of halogens is 4. The summed E-state index contributed by atoms with van der Waals surface area (Å²) in [6.07, 6.45) is -5.44. The van der Waals surface area contributed by atoms with E-state index in [2.05, 4.69) is 21.6 Å². The largest absolute Gasteiger partial charge is 0.461 e. The number of likely N-dealkylation sites (N-methyl/N-ethyl adjacent to an activating group) is 1. The number of hydrogen-bond acceptors (Lipinski definition) is 3. The standard InChI is InChI=1S/C17H22F4N2O/c1-22-7-9-23(10-8-22)15-4-2-3-12-5-6-13(11-14(12)15)24-17(20,21)16(18)19/h5-6,11,15-16H,2-4,7-10H2,1H3. The van der Waals surface area contributed by atoms with Crippen LogP contribution < -0.4 is 4.74 Å². The first-order valence-electron chi connectivity index (χ1n) is 8.27. The smallest absolute Gasteiger partial charge is 0.428 e. The van der Waals surface area contributed by atoms with Crippen LogP contribution in [0.25, 0.3) is 0 Å². The number of fused-ring (bicyclic) bond motifs is 1. The Balaban J connectivity index is 1.82. The van der Waals surface area contributed by atoms with Crippen molar-refractivity contribution >= 4 is 0 Å². The molecule has 0 amide bonds. The Kier molecular flexibility index (Phi) is 5.01. The second-order valence-electron chi connectivity index (χ2n) is 6.57. The molecule has 2 aliphatic rings. The molecule has 1 aromatic carbocycles. The number of hydrogen-bond donors (Lipinski definition) is 0. The summed E-state index contributed by atoms with van der Waals surface area (Å²) in [6, 6.07) is 4.76. The lowest BCUT2D eigenvalue weighted by molar-refractivity contribution is -0.253. The third kappa shape index (κ3) is 3.67. The summed E-state index contributed by atoms with van der Waals surface area (Å²) < 4.78 is 55.3. The molecule has 7 heteroatoms. The van der Waals surface area contributed by atoms with Crippen LogP contribution in [0.5, 0.6) is 5.75 Å². The van der Waals surface area contributed by atoms with Crippen molar-refractivity contribution in [2.24, 2.45) is 0 Å². The molecule has 24 heavy (non-hydrogen) atoms. The lowest BCUT2D eigenvalue weighted by Crippen LogP contribution is -2.46. The zero-order valence-electron chi connectivity index (χ0n) is 13.7. The van der Waals surface area contributed by atoms with Crippen LogP contribution in [0.4, 0.5) is 17.6 Å². The molecule has 3 nitrogen and oxygen atoms in total. The van der Waals surface area contributed by atoms with Gasteiger partial charge in [0.1, 0.15) is 5.75 Å². The number of alkyl halides is 4. The number of nitrogens with zero attached hydrogens (tertiary/aromatic N) is 2. The molecule has 1 aliphatic carbocycles. The summed E-state index contributed by atoms with van der Waals surface area (Å²) >= 11 is 0. The maximum absolute atomic E-state index is 13.2. The van der Waals surface area contributed by atoms with Crippen LogP contribution in [0.2, 0.25) is 0 Å². The van der Waals surface area contributed by atoms with Crippen molar-refractivity contribution < 1.29 is 22.3 Å². The Morgan fingerprint density at radius 3 is 2.54 bits per heavy atom. The highest BCUT2D eigenvalue weighted by atomic mass is 19.3. The zero-order chi connectivity index (χ0) is 17.3. The van der Waals surface area contributed by atoms with Gasteiger partial charge in [0.05, 0.1) is 0 Å². The monoisotopic (exact) mass is 346 g/mol. The topological polar surface area (TPSA) is 15.7 Å². The van der Waals surface area contributed by atoms with Crippen LogP contribution in [-0.2, 0) is 6.42 Å².